The summed E-state index contributed by atoms with van der Waals surface area (Å²) in [5.41, 5.74) is 2.04. The molecule has 1 saturated heterocycles. The lowest BCUT2D eigenvalue weighted by Gasteiger charge is -2.35. The minimum absolute atomic E-state index is 0.00372. The van der Waals surface area contributed by atoms with Crippen LogP contribution in [-0.4, -0.2) is 64.0 Å². The highest BCUT2D eigenvalue weighted by molar-refractivity contribution is 7.92. The Hall–Kier alpha value is -2.37. The number of imidazole rings is 1. The van der Waals surface area contributed by atoms with E-state index in [1.54, 1.807) is 43.2 Å². The largest absolute Gasteiger partial charge is 0.772 e. The summed E-state index contributed by atoms with van der Waals surface area (Å²) in [6.45, 7) is 3.66. The molecule has 1 unspecified atom stereocenters. The van der Waals surface area contributed by atoms with E-state index in [0.29, 0.717) is 35.2 Å². The Kier molecular flexibility index (Phi) is 6.09. The summed E-state index contributed by atoms with van der Waals surface area (Å²) in [7, 11) is -2.17. The van der Waals surface area contributed by atoms with Crippen molar-refractivity contribution in [2.45, 2.75) is 25.1 Å². The van der Waals surface area contributed by atoms with Crippen molar-refractivity contribution in [1.82, 2.24) is 19.4 Å². The molecular formula is C20H25N6O3S2-. The van der Waals surface area contributed by atoms with E-state index in [2.05, 4.69) is 26.2 Å². The van der Waals surface area contributed by atoms with Crippen LogP contribution >= 0.6 is 0 Å². The lowest BCUT2D eigenvalue weighted by atomic mass is 9.97. The number of aromatic nitrogens is 4. The monoisotopic (exact) mass is 461 g/mol. The summed E-state index contributed by atoms with van der Waals surface area (Å²) in [4.78, 5) is 15.7. The molecule has 1 fully saturated rings. The second kappa shape index (κ2) is 8.64. The molecule has 0 radical (unpaired) electrons. The second-order valence-electron chi connectivity index (χ2n) is 8.28. The first-order valence-corrected chi connectivity index (χ1v) is 13.5. The smallest absolute Gasteiger partial charge is 0.180 e. The molecule has 9 nitrogen and oxygen atoms in total. The average Bonchev–Trinajstić information content (AvgIpc) is 3.09. The van der Waals surface area contributed by atoms with Gasteiger partial charge in [-0.2, -0.15) is 0 Å². The first kappa shape index (κ1) is 21.8. The molecule has 0 saturated carbocycles. The van der Waals surface area contributed by atoms with Gasteiger partial charge in [-0.3, -0.25) is 12.8 Å². The van der Waals surface area contributed by atoms with E-state index >= 15 is 0 Å². The highest BCUT2D eigenvalue weighted by Gasteiger charge is 2.26. The first-order chi connectivity index (χ1) is 14.7. The predicted molar refractivity (Wildman–Crippen MR) is 121 cm³/mol. The van der Waals surface area contributed by atoms with E-state index in [9.17, 15) is 13.0 Å². The molecule has 1 aliphatic rings. The number of pyridine rings is 1. The van der Waals surface area contributed by atoms with E-state index in [-0.39, 0.29) is 11.8 Å². The van der Waals surface area contributed by atoms with Crippen LogP contribution in [0.25, 0.3) is 17.2 Å². The van der Waals surface area contributed by atoms with Gasteiger partial charge in [-0.05, 0) is 30.0 Å². The van der Waals surface area contributed by atoms with Crippen molar-refractivity contribution < 1.29 is 13.0 Å². The highest BCUT2D eigenvalue weighted by atomic mass is 32.2. The number of piperidine rings is 1. The van der Waals surface area contributed by atoms with Crippen molar-refractivity contribution in [3.05, 3.63) is 42.4 Å². The third kappa shape index (κ3) is 5.28. The fourth-order valence-electron chi connectivity index (χ4n) is 4.00. The Balaban J connectivity index is 1.67. The van der Waals surface area contributed by atoms with Crippen LogP contribution in [0.1, 0.15) is 18.9 Å². The van der Waals surface area contributed by atoms with Crippen molar-refractivity contribution in [2.75, 3.05) is 30.5 Å². The summed E-state index contributed by atoms with van der Waals surface area (Å²) in [6, 6.07) is 5.39. The molecule has 0 N–H and O–H groups in total. The third-order valence-corrected chi connectivity index (χ3v) is 6.46. The molecule has 4 heterocycles. The van der Waals surface area contributed by atoms with Crippen molar-refractivity contribution in [3.8, 4) is 11.5 Å². The van der Waals surface area contributed by atoms with Gasteiger partial charge in [-0.15, -0.1) is 0 Å². The number of hydrogen-bond acceptors (Lipinski definition) is 8. The normalized spacial score (nSPS) is 20.7. The molecule has 0 spiro atoms. The molecule has 0 aliphatic carbocycles. The van der Waals surface area contributed by atoms with Gasteiger partial charge in [0.25, 0.3) is 0 Å². The van der Waals surface area contributed by atoms with Gasteiger partial charge in [-0.1, -0.05) is 24.1 Å². The quantitative estimate of drug-likeness (QED) is 0.534. The molecule has 0 aromatic carbocycles. The fraction of sp³-hybridized carbons (Fsp3) is 0.450. The molecule has 166 valence electrons. The van der Waals surface area contributed by atoms with Gasteiger partial charge in [0.1, 0.15) is 17.2 Å². The fourth-order valence-corrected chi connectivity index (χ4v) is 5.31. The van der Waals surface area contributed by atoms with Gasteiger partial charge in [0.2, 0.25) is 0 Å². The Bertz CT molecular complexity index is 1240. The molecule has 0 bridgehead atoms. The average molecular weight is 462 g/mol. The van der Waals surface area contributed by atoms with Crippen LogP contribution in [0, 0.1) is 5.92 Å². The molecule has 31 heavy (non-hydrogen) atoms. The summed E-state index contributed by atoms with van der Waals surface area (Å²) >= 11 is -2.17. The Labute approximate surface area is 184 Å². The summed E-state index contributed by atoms with van der Waals surface area (Å²) in [5, 5.41) is 0. The van der Waals surface area contributed by atoms with Crippen molar-refractivity contribution >= 4 is 32.3 Å². The van der Waals surface area contributed by atoms with Crippen LogP contribution in [0.15, 0.2) is 41.2 Å². The Morgan fingerprint density at radius 2 is 2.06 bits per heavy atom. The highest BCUT2D eigenvalue weighted by Crippen LogP contribution is 2.26. The van der Waals surface area contributed by atoms with Gasteiger partial charge in [-0.25, -0.2) is 19.3 Å². The summed E-state index contributed by atoms with van der Waals surface area (Å²) in [5.74, 6) is 1.62. The molecular weight excluding hydrogens is 436 g/mol. The van der Waals surface area contributed by atoms with Crippen LogP contribution in [0.5, 0.6) is 0 Å². The van der Waals surface area contributed by atoms with Crippen LogP contribution in [0.2, 0.25) is 0 Å². The zero-order valence-electron chi connectivity index (χ0n) is 17.7. The standard InChI is InChI=1S/C20H26N6O3S2/c1-14-8-16(24-31(2,3)29)12-25(10-14)19-6-7-21-20(23-19)17-9-22-18-5-4-15(11-26(17)18)13-30(27)28/h4-7,9,11,14,16H,8,10,12-13H2,1-3H3,(H,27,28)/p-1/t14-,16+/m0/s1. The molecule has 3 aromatic heterocycles. The Morgan fingerprint density at radius 3 is 2.81 bits per heavy atom. The van der Waals surface area contributed by atoms with Crippen LogP contribution < -0.4 is 4.90 Å². The number of nitrogens with zero attached hydrogens (tertiary/aromatic N) is 6. The molecule has 1 aliphatic heterocycles. The minimum atomic E-state index is -2.17. The molecule has 4 rings (SSSR count). The van der Waals surface area contributed by atoms with Crippen molar-refractivity contribution in [2.24, 2.45) is 10.3 Å². The second-order valence-corrected chi connectivity index (χ2v) is 11.8. The summed E-state index contributed by atoms with van der Waals surface area (Å²) < 4.78 is 40.7. The van der Waals surface area contributed by atoms with E-state index in [0.717, 1.165) is 18.8 Å². The maximum atomic E-state index is 12.2. The topological polar surface area (TPSA) is 116 Å². The third-order valence-electron chi connectivity index (χ3n) is 5.09. The van der Waals surface area contributed by atoms with Gasteiger partial charge >= 0.3 is 0 Å². The number of anilines is 1. The molecule has 11 heteroatoms. The Morgan fingerprint density at radius 1 is 1.26 bits per heavy atom. The van der Waals surface area contributed by atoms with Gasteiger partial charge in [0, 0.05) is 53.5 Å². The SMILES string of the molecule is C[C@H]1C[C@@H](N=S(C)(C)=O)CN(c2ccnc(-c3cnc4ccc(CS(=O)[O-])cn34)n2)C1. The zero-order chi connectivity index (χ0) is 22.2. The molecule has 3 atom stereocenters. The van der Waals surface area contributed by atoms with Crippen LogP contribution in [-0.2, 0) is 26.6 Å². The summed E-state index contributed by atoms with van der Waals surface area (Å²) in [6.07, 6.45) is 9.39. The maximum Gasteiger partial charge on any atom is 0.180 e. The van der Waals surface area contributed by atoms with Crippen LogP contribution in [0.3, 0.4) is 0 Å². The maximum absolute atomic E-state index is 12.2. The first-order valence-electron chi connectivity index (χ1n) is 9.94. The predicted octanol–water partition coefficient (Wildman–Crippen LogP) is 2.11. The minimum Gasteiger partial charge on any atom is -0.772 e. The van der Waals surface area contributed by atoms with Crippen molar-refractivity contribution in [1.29, 1.82) is 0 Å². The van der Waals surface area contributed by atoms with E-state index in [1.807, 2.05) is 10.5 Å². The van der Waals surface area contributed by atoms with Crippen LogP contribution in [0.4, 0.5) is 5.82 Å². The van der Waals surface area contributed by atoms with Gasteiger partial charge in [0.15, 0.2) is 5.82 Å². The lowest BCUT2D eigenvalue weighted by Crippen LogP contribution is -2.42. The number of rotatable bonds is 5. The van der Waals surface area contributed by atoms with E-state index < -0.39 is 20.8 Å². The zero-order valence-corrected chi connectivity index (χ0v) is 19.3. The van der Waals surface area contributed by atoms with E-state index in [1.165, 1.54) is 0 Å². The molecule has 0 amide bonds. The van der Waals surface area contributed by atoms with E-state index in [4.69, 9.17) is 4.98 Å². The number of hydrogen-bond donors (Lipinski definition) is 0. The van der Waals surface area contributed by atoms with Gasteiger partial charge in [0.05, 0.1) is 12.2 Å². The van der Waals surface area contributed by atoms with Gasteiger partial charge < -0.3 is 9.45 Å². The van der Waals surface area contributed by atoms with Crippen molar-refractivity contribution in [3.63, 3.8) is 0 Å². The lowest BCUT2D eigenvalue weighted by molar-refractivity contribution is 0.402. The number of fused-ring (bicyclic) bond motifs is 1. The molecule has 3 aromatic rings.